The zero-order valence-corrected chi connectivity index (χ0v) is 12.1. The van der Waals surface area contributed by atoms with E-state index < -0.39 is 0 Å². The third kappa shape index (κ3) is 2.06. The molecule has 0 spiro atoms. The molecule has 3 heterocycles. The van der Waals surface area contributed by atoms with Crippen molar-refractivity contribution in [2.45, 2.75) is 25.7 Å². The fourth-order valence-corrected chi connectivity index (χ4v) is 3.11. The van der Waals surface area contributed by atoms with E-state index in [9.17, 15) is 0 Å². The van der Waals surface area contributed by atoms with Crippen molar-refractivity contribution in [1.29, 1.82) is 0 Å². The molecule has 3 rings (SSSR count). The minimum atomic E-state index is 0.539. The maximum absolute atomic E-state index is 4.40. The van der Waals surface area contributed by atoms with E-state index in [4.69, 9.17) is 0 Å². The quantitative estimate of drug-likeness (QED) is 0.855. The summed E-state index contributed by atoms with van der Waals surface area (Å²) in [6.45, 7) is 5.72. The summed E-state index contributed by atoms with van der Waals surface area (Å²) in [5, 5.41) is 8.68. The number of hydrogen-bond donors (Lipinski definition) is 0. The summed E-state index contributed by atoms with van der Waals surface area (Å²) in [5.41, 5.74) is 0.922. The van der Waals surface area contributed by atoms with Gasteiger partial charge in [-0.25, -0.2) is 0 Å². The maximum atomic E-state index is 4.40. The van der Waals surface area contributed by atoms with Gasteiger partial charge < -0.3 is 4.90 Å². The molecule has 0 saturated carbocycles. The van der Waals surface area contributed by atoms with Gasteiger partial charge >= 0.3 is 0 Å². The average molecular weight is 309 g/mol. The SMILES string of the molecule is CCN1CCC(c2nnc3c(Br)cccn23)CC1. The van der Waals surface area contributed by atoms with Crippen molar-refractivity contribution in [3.63, 3.8) is 0 Å². The van der Waals surface area contributed by atoms with E-state index >= 15 is 0 Å². The molecule has 1 aliphatic rings. The van der Waals surface area contributed by atoms with E-state index in [1.807, 2.05) is 12.1 Å². The van der Waals surface area contributed by atoms with Crippen LogP contribution in [0.2, 0.25) is 0 Å². The first-order valence-electron chi connectivity index (χ1n) is 6.51. The minimum Gasteiger partial charge on any atom is -0.304 e. The number of aromatic nitrogens is 3. The summed E-state index contributed by atoms with van der Waals surface area (Å²) in [6.07, 6.45) is 4.42. The molecule has 2 aromatic heterocycles. The molecule has 1 fully saturated rings. The number of fused-ring (bicyclic) bond motifs is 1. The molecule has 1 aliphatic heterocycles. The number of hydrogen-bond acceptors (Lipinski definition) is 3. The molecule has 1 saturated heterocycles. The van der Waals surface area contributed by atoms with Crippen molar-refractivity contribution in [3.05, 3.63) is 28.6 Å². The van der Waals surface area contributed by atoms with Crippen molar-refractivity contribution in [3.8, 4) is 0 Å². The van der Waals surface area contributed by atoms with Crippen LogP contribution in [0.3, 0.4) is 0 Å². The second-order valence-corrected chi connectivity index (χ2v) is 5.67. The minimum absolute atomic E-state index is 0.539. The molecule has 0 bridgehead atoms. The molecular formula is C13H17BrN4. The number of piperidine rings is 1. The van der Waals surface area contributed by atoms with E-state index in [1.165, 1.54) is 25.9 Å². The Labute approximate surface area is 115 Å². The van der Waals surface area contributed by atoms with Gasteiger partial charge in [0.1, 0.15) is 5.82 Å². The van der Waals surface area contributed by atoms with Crippen molar-refractivity contribution < 1.29 is 0 Å². The van der Waals surface area contributed by atoms with Crippen LogP contribution in [0, 0.1) is 0 Å². The van der Waals surface area contributed by atoms with Crippen LogP contribution < -0.4 is 0 Å². The lowest BCUT2D eigenvalue weighted by atomic mass is 9.96. The van der Waals surface area contributed by atoms with Gasteiger partial charge in [-0.15, -0.1) is 10.2 Å². The summed E-state index contributed by atoms with van der Waals surface area (Å²) in [7, 11) is 0. The highest BCUT2D eigenvalue weighted by Gasteiger charge is 2.23. The van der Waals surface area contributed by atoms with E-state index in [1.54, 1.807) is 0 Å². The summed E-state index contributed by atoms with van der Waals surface area (Å²) in [5.74, 6) is 1.65. The molecule has 2 aromatic rings. The topological polar surface area (TPSA) is 33.4 Å². The lowest BCUT2D eigenvalue weighted by molar-refractivity contribution is 0.218. The van der Waals surface area contributed by atoms with Gasteiger partial charge in [-0.1, -0.05) is 6.92 Å². The van der Waals surface area contributed by atoms with Gasteiger partial charge in [0.25, 0.3) is 0 Å². The van der Waals surface area contributed by atoms with Crippen LogP contribution in [0.4, 0.5) is 0 Å². The molecule has 0 aromatic carbocycles. The lowest BCUT2D eigenvalue weighted by Crippen LogP contribution is -2.33. The monoisotopic (exact) mass is 308 g/mol. The zero-order valence-electron chi connectivity index (χ0n) is 10.5. The lowest BCUT2D eigenvalue weighted by Gasteiger charge is -2.30. The fourth-order valence-electron chi connectivity index (χ4n) is 2.69. The number of nitrogens with zero attached hydrogens (tertiary/aromatic N) is 4. The highest BCUT2D eigenvalue weighted by Crippen LogP contribution is 2.28. The Morgan fingerprint density at radius 3 is 2.83 bits per heavy atom. The van der Waals surface area contributed by atoms with Crippen molar-refractivity contribution in [2.75, 3.05) is 19.6 Å². The van der Waals surface area contributed by atoms with Gasteiger partial charge in [0, 0.05) is 12.1 Å². The van der Waals surface area contributed by atoms with E-state index in [0.717, 1.165) is 22.5 Å². The van der Waals surface area contributed by atoms with Crippen LogP contribution >= 0.6 is 15.9 Å². The third-order valence-corrected chi connectivity index (χ3v) is 4.43. The van der Waals surface area contributed by atoms with Crippen LogP contribution in [0.15, 0.2) is 22.8 Å². The van der Waals surface area contributed by atoms with Gasteiger partial charge in [0.2, 0.25) is 0 Å². The van der Waals surface area contributed by atoms with Gasteiger partial charge in [-0.2, -0.15) is 0 Å². The fraction of sp³-hybridized carbons (Fsp3) is 0.538. The smallest absolute Gasteiger partial charge is 0.175 e. The average Bonchev–Trinajstić information content (AvgIpc) is 2.84. The predicted molar refractivity (Wildman–Crippen MR) is 74.8 cm³/mol. The second-order valence-electron chi connectivity index (χ2n) is 4.82. The Hall–Kier alpha value is -0.940. The van der Waals surface area contributed by atoms with Gasteiger partial charge in [-0.3, -0.25) is 4.40 Å². The second kappa shape index (κ2) is 4.97. The molecule has 96 valence electrons. The highest BCUT2D eigenvalue weighted by molar-refractivity contribution is 9.10. The van der Waals surface area contributed by atoms with E-state index in [2.05, 4.69) is 48.5 Å². The van der Waals surface area contributed by atoms with Gasteiger partial charge in [0.05, 0.1) is 4.47 Å². The molecule has 0 radical (unpaired) electrons. The number of pyridine rings is 1. The Bertz CT molecular complexity index is 543. The molecule has 0 N–H and O–H groups in total. The van der Waals surface area contributed by atoms with E-state index in [0.29, 0.717) is 5.92 Å². The molecule has 5 heteroatoms. The number of halogens is 1. The van der Waals surface area contributed by atoms with Crippen molar-refractivity contribution >= 4 is 21.6 Å². The van der Waals surface area contributed by atoms with Crippen LogP contribution in [-0.4, -0.2) is 39.1 Å². The Balaban J connectivity index is 1.89. The number of rotatable bonds is 2. The first-order chi connectivity index (χ1) is 8.79. The first kappa shape index (κ1) is 12.1. The standard InChI is InChI=1S/C13H17BrN4/c1-2-17-8-5-10(6-9-17)12-15-16-13-11(14)4-3-7-18(12)13/h3-4,7,10H,2,5-6,8-9H2,1H3. The van der Waals surface area contributed by atoms with Crippen LogP contribution in [0.5, 0.6) is 0 Å². The largest absolute Gasteiger partial charge is 0.304 e. The van der Waals surface area contributed by atoms with E-state index in [-0.39, 0.29) is 0 Å². The van der Waals surface area contributed by atoms with Gasteiger partial charge in [0.15, 0.2) is 5.65 Å². The summed E-state index contributed by atoms with van der Waals surface area (Å²) in [6, 6.07) is 4.04. The van der Waals surface area contributed by atoms with Crippen molar-refractivity contribution in [1.82, 2.24) is 19.5 Å². The van der Waals surface area contributed by atoms with Crippen molar-refractivity contribution in [2.24, 2.45) is 0 Å². The maximum Gasteiger partial charge on any atom is 0.175 e. The highest BCUT2D eigenvalue weighted by atomic mass is 79.9. The van der Waals surface area contributed by atoms with Crippen LogP contribution in [0.1, 0.15) is 31.5 Å². The summed E-state index contributed by atoms with van der Waals surface area (Å²) in [4.78, 5) is 2.50. The Kier molecular flexibility index (Phi) is 3.35. The first-order valence-corrected chi connectivity index (χ1v) is 7.30. The summed E-state index contributed by atoms with van der Waals surface area (Å²) < 4.78 is 3.13. The Morgan fingerprint density at radius 2 is 2.11 bits per heavy atom. The summed E-state index contributed by atoms with van der Waals surface area (Å²) >= 11 is 3.52. The Morgan fingerprint density at radius 1 is 1.33 bits per heavy atom. The molecule has 18 heavy (non-hydrogen) atoms. The van der Waals surface area contributed by atoms with Crippen LogP contribution in [-0.2, 0) is 0 Å². The zero-order chi connectivity index (χ0) is 12.5. The molecule has 4 nitrogen and oxygen atoms in total. The molecule has 0 aliphatic carbocycles. The molecule has 0 unspecified atom stereocenters. The molecule has 0 atom stereocenters. The predicted octanol–water partition coefficient (Wildman–Crippen LogP) is 2.69. The van der Waals surface area contributed by atoms with Gasteiger partial charge in [-0.05, 0) is 60.5 Å². The third-order valence-electron chi connectivity index (χ3n) is 3.81. The van der Waals surface area contributed by atoms with Crippen LogP contribution in [0.25, 0.3) is 5.65 Å². The molecular weight excluding hydrogens is 292 g/mol. The molecule has 0 amide bonds. The normalized spacial score (nSPS) is 18.6. The number of likely N-dealkylation sites (tertiary alicyclic amines) is 1.